The van der Waals surface area contributed by atoms with E-state index in [4.69, 9.17) is 0 Å². The molecule has 0 aromatic heterocycles. The summed E-state index contributed by atoms with van der Waals surface area (Å²) in [6.07, 6.45) is -4.54. The lowest BCUT2D eigenvalue weighted by Gasteiger charge is -2.40. The van der Waals surface area contributed by atoms with Crippen molar-refractivity contribution in [1.82, 2.24) is 0 Å². The van der Waals surface area contributed by atoms with E-state index in [-0.39, 0.29) is 0 Å². The Morgan fingerprint density at radius 2 is 1.17 bits per heavy atom. The molecule has 0 aliphatic carbocycles. The van der Waals surface area contributed by atoms with Crippen molar-refractivity contribution in [1.29, 1.82) is 0 Å². The van der Waals surface area contributed by atoms with E-state index >= 15 is 0 Å². The summed E-state index contributed by atoms with van der Waals surface area (Å²) in [5.41, 5.74) is 0. The molecule has 0 aromatic carbocycles. The molecule has 0 N–H and O–H groups in total. The molecule has 0 amide bonds. The molecule has 6 heteroatoms. The lowest BCUT2D eigenvalue weighted by molar-refractivity contribution is -0.130. The number of hydrogen-bond acceptors (Lipinski definition) is 0. The Balaban J connectivity index is 4.76. The van der Waals surface area contributed by atoms with E-state index in [1.807, 2.05) is 0 Å². The van der Waals surface area contributed by atoms with Crippen LogP contribution in [0.15, 0.2) is 0 Å². The van der Waals surface area contributed by atoms with Gasteiger partial charge in [0.15, 0.2) is 0 Å². The summed E-state index contributed by atoms with van der Waals surface area (Å²) in [4.78, 5) is 0. The summed E-state index contributed by atoms with van der Waals surface area (Å²) < 4.78 is 37.5. The van der Waals surface area contributed by atoms with Crippen LogP contribution in [0.5, 0.6) is 0 Å². The Kier molecular flexibility index (Phi) is 5.97. The van der Waals surface area contributed by atoms with Crippen LogP contribution in [0, 0.1) is 0 Å². The standard InChI is InChI=1S/C12H29F3Si3/c1-16(2,3)10-11-18(7,17(4,5)6)9-8-12(13,14)15/h8-11H2,1-7H3. The Hall–Kier alpha value is 0.441. The molecule has 0 rings (SSSR count). The molecule has 0 aliphatic rings. The predicted octanol–water partition coefficient (Wildman–Crippen LogP) is 5.77. The van der Waals surface area contributed by atoms with Crippen molar-refractivity contribution in [3.05, 3.63) is 0 Å². The molecule has 18 heavy (non-hydrogen) atoms. The second-order valence-corrected chi connectivity index (χ2v) is 30.4. The molecule has 0 aromatic rings. The van der Waals surface area contributed by atoms with Gasteiger partial charge in [0, 0.05) is 29.7 Å². The summed E-state index contributed by atoms with van der Waals surface area (Å²) >= 11 is 0. The third-order valence-corrected chi connectivity index (χ3v) is 25.1. The second kappa shape index (κ2) is 5.83. The van der Waals surface area contributed by atoms with Crippen LogP contribution in [0.2, 0.25) is 64.0 Å². The first-order valence-electron chi connectivity index (χ1n) is 6.73. The van der Waals surface area contributed by atoms with Gasteiger partial charge in [0.25, 0.3) is 0 Å². The average Bonchev–Trinajstić information content (AvgIpc) is 2.07. The van der Waals surface area contributed by atoms with Gasteiger partial charge in [-0.2, -0.15) is 13.2 Å². The zero-order valence-corrected chi connectivity index (χ0v) is 16.0. The predicted molar refractivity (Wildman–Crippen MR) is 83.4 cm³/mol. The van der Waals surface area contributed by atoms with Crippen LogP contribution >= 0.6 is 0 Å². The lowest BCUT2D eigenvalue weighted by Crippen LogP contribution is -2.55. The number of halogens is 3. The van der Waals surface area contributed by atoms with Crippen LogP contribution in [0.3, 0.4) is 0 Å². The first kappa shape index (κ1) is 18.4. The van der Waals surface area contributed by atoms with Crippen molar-refractivity contribution in [2.45, 2.75) is 76.6 Å². The highest BCUT2D eigenvalue weighted by atomic mass is 29.3. The molecule has 0 fully saturated rings. The van der Waals surface area contributed by atoms with Crippen LogP contribution in [-0.2, 0) is 0 Å². The van der Waals surface area contributed by atoms with Gasteiger partial charge in [0.05, 0.1) is 0 Å². The Labute approximate surface area is 113 Å². The molecule has 0 aliphatic heterocycles. The maximum absolute atomic E-state index is 12.5. The highest BCUT2D eigenvalue weighted by molar-refractivity contribution is 7.40. The second-order valence-electron chi connectivity index (χ2n) is 7.99. The monoisotopic (exact) mass is 314 g/mol. The highest BCUT2D eigenvalue weighted by Gasteiger charge is 2.43. The minimum absolute atomic E-state index is 0.441. The molecular weight excluding hydrogens is 285 g/mol. The van der Waals surface area contributed by atoms with Gasteiger partial charge < -0.3 is 0 Å². The largest absolute Gasteiger partial charge is 0.388 e. The van der Waals surface area contributed by atoms with Crippen LogP contribution in [0.4, 0.5) is 13.2 Å². The summed E-state index contributed by atoms with van der Waals surface area (Å²) in [7, 11) is -4.31. The van der Waals surface area contributed by atoms with Gasteiger partial charge in [-0.15, -0.1) is 0 Å². The molecule has 0 nitrogen and oxygen atoms in total. The summed E-state index contributed by atoms with van der Waals surface area (Å²) in [6.45, 7) is 16.0. The lowest BCUT2D eigenvalue weighted by atomic mass is 10.5. The maximum Gasteiger partial charge on any atom is 0.388 e. The minimum atomic E-state index is -3.98. The zero-order valence-electron chi connectivity index (χ0n) is 13.0. The van der Waals surface area contributed by atoms with Gasteiger partial charge >= 0.3 is 6.18 Å². The fourth-order valence-corrected chi connectivity index (χ4v) is 15.7. The smallest absolute Gasteiger partial charge is 0.171 e. The Morgan fingerprint density at radius 1 is 0.722 bits per heavy atom. The fraction of sp³-hybridized carbons (Fsp3) is 1.00. The molecule has 0 saturated carbocycles. The molecule has 0 saturated heterocycles. The van der Waals surface area contributed by atoms with Gasteiger partial charge in [-0.25, -0.2) is 0 Å². The van der Waals surface area contributed by atoms with E-state index in [1.165, 1.54) is 6.04 Å². The van der Waals surface area contributed by atoms with Gasteiger partial charge in [0.2, 0.25) is 0 Å². The molecule has 110 valence electrons. The van der Waals surface area contributed by atoms with E-state index in [9.17, 15) is 13.2 Å². The molecule has 0 radical (unpaired) electrons. The number of rotatable bonds is 6. The third kappa shape index (κ3) is 7.13. The topological polar surface area (TPSA) is 0 Å². The van der Waals surface area contributed by atoms with E-state index in [0.717, 1.165) is 6.04 Å². The van der Waals surface area contributed by atoms with Crippen LogP contribution in [-0.4, -0.2) is 29.4 Å². The van der Waals surface area contributed by atoms with E-state index < -0.39 is 35.9 Å². The highest BCUT2D eigenvalue weighted by Crippen LogP contribution is 2.35. The fourth-order valence-electron chi connectivity index (χ4n) is 1.94. The van der Waals surface area contributed by atoms with Gasteiger partial charge in [-0.1, -0.05) is 64.0 Å². The van der Waals surface area contributed by atoms with Crippen LogP contribution in [0.1, 0.15) is 6.42 Å². The van der Waals surface area contributed by atoms with Crippen molar-refractivity contribution in [2.75, 3.05) is 0 Å². The Morgan fingerprint density at radius 3 is 1.44 bits per heavy atom. The maximum atomic E-state index is 12.5. The first-order chi connectivity index (χ1) is 7.66. The molecule has 1 atom stereocenters. The van der Waals surface area contributed by atoms with Crippen molar-refractivity contribution in [3.63, 3.8) is 0 Å². The normalized spacial score (nSPS) is 17.7. The Bertz CT molecular complexity index is 243. The number of hydrogen-bond donors (Lipinski definition) is 0. The molecule has 0 heterocycles. The zero-order chi connectivity index (χ0) is 14.8. The minimum Gasteiger partial charge on any atom is -0.171 e. The quantitative estimate of drug-likeness (QED) is 0.546. The first-order valence-corrected chi connectivity index (χ1v) is 17.9. The van der Waals surface area contributed by atoms with E-state index in [2.05, 4.69) is 45.8 Å². The molecule has 0 bridgehead atoms. The summed E-state index contributed by atoms with van der Waals surface area (Å²) in [5, 5.41) is 0. The average molecular weight is 315 g/mol. The molecule has 1 unspecified atom stereocenters. The van der Waals surface area contributed by atoms with Crippen molar-refractivity contribution in [2.24, 2.45) is 0 Å². The van der Waals surface area contributed by atoms with E-state index in [1.54, 1.807) is 0 Å². The SMILES string of the molecule is C[Si](C)(C)CC[Si](C)(CCC(F)(F)F)[Si](C)(C)C. The van der Waals surface area contributed by atoms with Gasteiger partial charge in [-0.05, 0) is 0 Å². The van der Waals surface area contributed by atoms with Crippen molar-refractivity contribution < 1.29 is 13.2 Å². The van der Waals surface area contributed by atoms with E-state index in [0.29, 0.717) is 6.04 Å². The van der Waals surface area contributed by atoms with Crippen molar-refractivity contribution in [3.8, 4) is 0 Å². The molecular formula is C12H29F3Si3. The van der Waals surface area contributed by atoms with Crippen LogP contribution in [0.25, 0.3) is 0 Å². The molecule has 0 spiro atoms. The van der Waals surface area contributed by atoms with Crippen molar-refractivity contribution >= 4 is 23.3 Å². The number of alkyl halides is 3. The third-order valence-electron chi connectivity index (χ3n) is 4.20. The summed E-state index contributed by atoms with van der Waals surface area (Å²) in [5.74, 6) is 0. The summed E-state index contributed by atoms with van der Waals surface area (Å²) in [6, 6.07) is 2.74. The van der Waals surface area contributed by atoms with Gasteiger partial charge in [0.1, 0.15) is 0 Å². The van der Waals surface area contributed by atoms with Gasteiger partial charge in [-0.3, -0.25) is 0 Å². The van der Waals surface area contributed by atoms with Crippen LogP contribution < -0.4 is 0 Å².